The number of anilines is 2. The Balaban J connectivity index is 1.46. The van der Waals surface area contributed by atoms with Gasteiger partial charge in [-0.15, -0.1) is 11.3 Å². The molecule has 36 heavy (non-hydrogen) atoms. The summed E-state index contributed by atoms with van der Waals surface area (Å²) in [6, 6.07) is 4.20. The second-order valence-electron chi connectivity index (χ2n) is 8.01. The topological polar surface area (TPSA) is 116 Å². The van der Waals surface area contributed by atoms with E-state index >= 15 is 0 Å². The lowest BCUT2D eigenvalue weighted by atomic mass is 9.91. The summed E-state index contributed by atoms with van der Waals surface area (Å²) in [7, 11) is 0. The number of hydrogen-bond donors (Lipinski definition) is 3. The summed E-state index contributed by atoms with van der Waals surface area (Å²) in [6.07, 6.45) is -3.67. The lowest BCUT2D eigenvalue weighted by Crippen LogP contribution is -2.49. The number of carbonyl (C=O) groups is 2. The Morgan fingerprint density at radius 3 is 2.53 bits per heavy atom. The Morgan fingerprint density at radius 2 is 1.92 bits per heavy atom. The van der Waals surface area contributed by atoms with Crippen LogP contribution in [0, 0.1) is 5.82 Å². The average Bonchev–Trinajstić information content (AvgIpc) is 3.27. The van der Waals surface area contributed by atoms with Gasteiger partial charge in [-0.25, -0.2) is 19.2 Å². The van der Waals surface area contributed by atoms with Crippen LogP contribution in [-0.2, 0) is 11.0 Å². The molecular weight excluding hydrogens is 528 g/mol. The van der Waals surface area contributed by atoms with Gasteiger partial charge in [-0.05, 0) is 18.2 Å². The number of pyridine rings is 1. The molecule has 4 rings (SSSR count). The highest BCUT2D eigenvalue weighted by Gasteiger charge is 2.40. The minimum atomic E-state index is -4.86. The fraction of sp³-hybridized carbons (Fsp3) is 0.273. The maximum absolute atomic E-state index is 14.4. The largest absolute Gasteiger partial charge is 0.479 e. The summed E-state index contributed by atoms with van der Waals surface area (Å²) in [5.41, 5.74) is -3.60. The fourth-order valence-corrected chi connectivity index (χ4v) is 4.65. The number of amides is 1. The second kappa shape index (κ2) is 9.64. The van der Waals surface area contributed by atoms with Crippen molar-refractivity contribution in [3.63, 3.8) is 0 Å². The van der Waals surface area contributed by atoms with Gasteiger partial charge in [0, 0.05) is 43.1 Å². The Morgan fingerprint density at radius 1 is 1.22 bits per heavy atom. The van der Waals surface area contributed by atoms with Crippen LogP contribution in [0.2, 0.25) is 5.02 Å². The number of halogens is 5. The maximum atomic E-state index is 14.4. The monoisotopic (exact) mass is 544 g/mol. The molecule has 1 aliphatic heterocycles. The van der Waals surface area contributed by atoms with E-state index in [4.69, 9.17) is 16.7 Å². The number of aromatic nitrogens is 2. The molecule has 3 heterocycles. The van der Waals surface area contributed by atoms with Crippen LogP contribution in [0.5, 0.6) is 0 Å². The third kappa shape index (κ3) is 5.13. The van der Waals surface area contributed by atoms with Crippen LogP contribution in [0.1, 0.15) is 28.8 Å². The molecule has 14 heteroatoms. The normalized spacial score (nSPS) is 15.6. The van der Waals surface area contributed by atoms with Gasteiger partial charge in [0.1, 0.15) is 11.6 Å². The Labute approximate surface area is 210 Å². The lowest BCUT2D eigenvalue weighted by molar-refractivity contribution is -0.160. The number of carboxylic acids is 1. The number of benzene rings is 1. The van der Waals surface area contributed by atoms with E-state index < -0.39 is 35.0 Å². The average molecular weight is 545 g/mol. The number of carboxylic acid groups (broad SMARTS) is 1. The van der Waals surface area contributed by atoms with Crippen molar-refractivity contribution in [2.45, 2.75) is 24.6 Å². The molecule has 0 saturated carbocycles. The zero-order valence-electron chi connectivity index (χ0n) is 18.1. The summed E-state index contributed by atoms with van der Waals surface area (Å²) in [6.45, 7) is 0.379. The SMILES string of the molecule is O=C(Nc1nc(-c2cccc(C(F)(F)F)c2F)cs1)c1cnc(N2CCC(O)(C(=O)O)CC2)c(Cl)c1. The van der Waals surface area contributed by atoms with Gasteiger partial charge in [0.15, 0.2) is 10.7 Å². The van der Waals surface area contributed by atoms with Crippen molar-refractivity contribution in [1.29, 1.82) is 0 Å². The predicted octanol–water partition coefficient (Wildman–Crippen LogP) is 4.68. The minimum absolute atomic E-state index is 0.0241. The Hall–Kier alpha value is -3.29. The van der Waals surface area contributed by atoms with Gasteiger partial charge in [0.2, 0.25) is 0 Å². The van der Waals surface area contributed by atoms with Crippen LogP contribution in [0.15, 0.2) is 35.8 Å². The van der Waals surface area contributed by atoms with Gasteiger partial charge in [-0.2, -0.15) is 13.2 Å². The molecule has 2 aromatic heterocycles. The van der Waals surface area contributed by atoms with Crippen LogP contribution < -0.4 is 10.2 Å². The molecule has 0 aliphatic carbocycles. The lowest BCUT2D eigenvalue weighted by Gasteiger charge is -2.36. The van der Waals surface area contributed by atoms with Crippen LogP contribution in [-0.4, -0.2) is 50.7 Å². The van der Waals surface area contributed by atoms with Crippen molar-refractivity contribution in [1.82, 2.24) is 9.97 Å². The summed E-state index contributed by atoms with van der Waals surface area (Å²) in [5, 5.41) is 23.1. The van der Waals surface area contributed by atoms with Crippen LogP contribution in [0.3, 0.4) is 0 Å². The number of aliphatic hydroxyl groups is 1. The van der Waals surface area contributed by atoms with E-state index in [0.717, 1.165) is 23.5 Å². The highest BCUT2D eigenvalue weighted by molar-refractivity contribution is 7.14. The first-order valence-electron chi connectivity index (χ1n) is 10.4. The van der Waals surface area contributed by atoms with E-state index in [1.54, 1.807) is 4.90 Å². The number of aliphatic carboxylic acids is 1. The molecule has 1 saturated heterocycles. The molecule has 0 bridgehead atoms. The summed E-state index contributed by atoms with van der Waals surface area (Å²) < 4.78 is 53.4. The fourth-order valence-electron chi connectivity index (χ4n) is 3.66. The van der Waals surface area contributed by atoms with Gasteiger partial charge in [0.05, 0.1) is 21.8 Å². The number of alkyl halides is 3. The molecule has 190 valence electrons. The van der Waals surface area contributed by atoms with Crippen LogP contribution in [0.25, 0.3) is 11.3 Å². The first kappa shape index (κ1) is 25.8. The van der Waals surface area contributed by atoms with Crippen molar-refractivity contribution < 1.29 is 37.4 Å². The van der Waals surface area contributed by atoms with E-state index in [-0.39, 0.29) is 52.9 Å². The van der Waals surface area contributed by atoms with Crippen LogP contribution in [0.4, 0.5) is 28.5 Å². The molecule has 0 atom stereocenters. The molecule has 1 aromatic carbocycles. The van der Waals surface area contributed by atoms with E-state index in [1.807, 2.05) is 0 Å². The summed E-state index contributed by atoms with van der Waals surface area (Å²) >= 11 is 7.18. The van der Waals surface area contributed by atoms with Crippen molar-refractivity contribution in [2.24, 2.45) is 0 Å². The molecular formula is C22H17ClF4N4O4S. The molecule has 0 unspecified atom stereocenters. The third-order valence-corrected chi connectivity index (χ3v) is 6.71. The number of nitrogens with zero attached hydrogens (tertiary/aromatic N) is 3. The van der Waals surface area contributed by atoms with Crippen molar-refractivity contribution in [3.8, 4) is 11.3 Å². The number of hydrogen-bond acceptors (Lipinski definition) is 7. The highest BCUT2D eigenvalue weighted by atomic mass is 35.5. The molecule has 8 nitrogen and oxygen atoms in total. The predicted molar refractivity (Wildman–Crippen MR) is 124 cm³/mol. The molecule has 1 amide bonds. The number of rotatable bonds is 5. The van der Waals surface area contributed by atoms with E-state index in [2.05, 4.69) is 15.3 Å². The van der Waals surface area contributed by atoms with Gasteiger partial charge in [0.25, 0.3) is 5.91 Å². The molecule has 3 aromatic rings. The zero-order valence-corrected chi connectivity index (χ0v) is 19.7. The van der Waals surface area contributed by atoms with E-state index in [1.165, 1.54) is 17.6 Å². The molecule has 3 N–H and O–H groups in total. The number of nitrogens with one attached hydrogen (secondary N) is 1. The highest BCUT2D eigenvalue weighted by Crippen LogP contribution is 2.36. The van der Waals surface area contributed by atoms with Crippen LogP contribution >= 0.6 is 22.9 Å². The maximum Gasteiger partial charge on any atom is 0.419 e. The minimum Gasteiger partial charge on any atom is -0.479 e. The third-order valence-electron chi connectivity index (χ3n) is 5.68. The van der Waals surface area contributed by atoms with Crippen molar-refractivity contribution >= 4 is 45.8 Å². The number of carbonyl (C=O) groups excluding carboxylic acids is 1. The zero-order chi connectivity index (χ0) is 26.3. The second-order valence-corrected chi connectivity index (χ2v) is 9.28. The Bertz CT molecular complexity index is 1330. The quantitative estimate of drug-likeness (QED) is 0.399. The molecule has 0 spiro atoms. The number of thiazole rings is 1. The van der Waals surface area contributed by atoms with E-state index in [9.17, 15) is 32.3 Å². The molecule has 1 aliphatic rings. The first-order chi connectivity index (χ1) is 16.9. The molecule has 0 radical (unpaired) electrons. The summed E-state index contributed by atoms with van der Waals surface area (Å²) in [5.74, 6) is -3.09. The van der Waals surface area contributed by atoms with Gasteiger partial charge >= 0.3 is 12.1 Å². The van der Waals surface area contributed by atoms with Crippen molar-refractivity contribution in [2.75, 3.05) is 23.3 Å². The van der Waals surface area contributed by atoms with E-state index in [0.29, 0.717) is 11.9 Å². The summed E-state index contributed by atoms with van der Waals surface area (Å²) in [4.78, 5) is 33.7. The Kier molecular flexibility index (Phi) is 6.90. The smallest absolute Gasteiger partial charge is 0.419 e. The van der Waals surface area contributed by atoms with Gasteiger partial charge in [-0.3, -0.25) is 10.1 Å². The first-order valence-corrected chi connectivity index (χ1v) is 11.6. The molecule has 1 fully saturated rings. The van der Waals surface area contributed by atoms with Gasteiger partial charge in [-0.1, -0.05) is 17.7 Å². The van der Waals surface area contributed by atoms with Crippen molar-refractivity contribution in [3.05, 3.63) is 57.8 Å². The standard InChI is InChI=1S/C22H17ClF4N4O4S/c23-14-8-11(9-28-17(14)31-6-4-21(35,5-7-31)19(33)34)18(32)30-20-29-15(10-36-20)12-2-1-3-13(16(12)24)22(25,26)27/h1-3,8-10,35H,4-7H2,(H,33,34)(H,29,30,32). The van der Waals surface area contributed by atoms with Gasteiger partial charge < -0.3 is 15.1 Å². The number of piperidine rings is 1.